The standard InChI is InChI=1S/C18H16Cl2N2O/c1-12(15-8-7-14(19)9-16(15)20)21-11-18-22-10-17(23-18)13-5-3-2-4-6-13/h2-10,12,21H,11H2,1H3/p+1/t12-/m1/s1. The Bertz CT molecular complexity index is 787. The van der Waals surface area contributed by atoms with E-state index in [4.69, 9.17) is 27.6 Å². The number of oxazole rings is 1. The average Bonchev–Trinajstić information content (AvgIpc) is 3.02. The third-order valence-electron chi connectivity index (χ3n) is 3.71. The second kappa shape index (κ2) is 7.18. The molecule has 0 bridgehead atoms. The highest BCUT2D eigenvalue weighted by Crippen LogP contribution is 2.24. The van der Waals surface area contributed by atoms with E-state index in [0.717, 1.165) is 16.9 Å². The van der Waals surface area contributed by atoms with Crippen LogP contribution in [0.2, 0.25) is 10.0 Å². The van der Waals surface area contributed by atoms with Crippen molar-refractivity contribution in [1.29, 1.82) is 0 Å². The summed E-state index contributed by atoms with van der Waals surface area (Å²) in [6.45, 7) is 2.74. The van der Waals surface area contributed by atoms with Crippen molar-refractivity contribution in [2.24, 2.45) is 0 Å². The lowest BCUT2D eigenvalue weighted by atomic mass is 10.1. The Morgan fingerprint density at radius 3 is 2.65 bits per heavy atom. The van der Waals surface area contributed by atoms with Crippen molar-refractivity contribution in [3.8, 4) is 11.3 Å². The molecule has 2 N–H and O–H groups in total. The van der Waals surface area contributed by atoms with Crippen LogP contribution in [-0.4, -0.2) is 4.98 Å². The monoisotopic (exact) mass is 347 g/mol. The van der Waals surface area contributed by atoms with Crippen LogP contribution in [-0.2, 0) is 6.54 Å². The van der Waals surface area contributed by atoms with Crippen LogP contribution >= 0.6 is 23.2 Å². The zero-order valence-corrected chi connectivity index (χ0v) is 14.2. The molecule has 3 aromatic rings. The number of hydrogen-bond acceptors (Lipinski definition) is 2. The molecular weight excluding hydrogens is 331 g/mol. The minimum Gasteiger partial charge on any atom is -0.435 e. The van der Waals surface area contributed by atoms with Gasteiger partial charge in [0.1, 0.15) is 6.04 Å². The van der Waals surface area contributed by atoms with Gasteiger partial charge < -0.3 is 9.73 Å². The first-order valence-electron chi connectivity index (χ1n) is 7.42. The first kappa shape index (κ1) is 16.1. The molecule has 118 valence electrons. The molecule has 0 unspecified atom stereocenters. The SMILES string of the molecule is C[C@@H]([NH2+]Cc1ncc(-c2ccccc2)o1)c1ccc(Cl)cc1Cl. The maximum absolute atomic E-state index is 6.25. The zero-order valence-electron chi connectivity index (χ0n) is 12.7. The van der Waals surface area contributed by atoms with Crippen molar-refractivity contribution in [3.05, 3.63) is 76.2 Å². The Hall–Kier alpha value is -1.81. The Balaban J connectivity index is 1.65. The summed E-state index contributed by atoms with van der Waals surface area (Å²) in [5, 5.41) is 3.46. The van der Waals surface area contributed by atoms with Gasteiger partial charge in [0.05, 0.1) is 11.2 Å². The van der Waals surface area contributed by atoms with E-state index in [0.29, 0.717) is 22.5 Å². The van der Waals surface area contributed by atoms with Crippen LogP contribution in [0.15, 0.2) is 59.1 Å². The fourth-order valence-corrected chi connectivity index (χ4v) is 3.00. The molecule has 0 aliphatic heterocycles. The number of rotatable bonds is 5. The fraction of sp³-hybridized carbons (Fsp3) is 0.167. The summed E-state index contributed by atoms with van der Waals surface area (Å²) >= 11 is 12.2. The number of nitrogens with zero attached hydrogens (tertiary/aromatic N) is 1. The molecule has 1 atom stereocenters. The number of nitrogens with two attached hydrogens (primary N) is 1. The van der Waals surface area contributed by atoms with E-state index in [-0.39, 0.29) is 6.04 Å². The largest absolute Gasteiger partial charge is 0.435 e. The maximum Gasteiger partial charge on any atom is 0.250 e. The fourth-order valence-electron chi connectivity index (χ4n) is 2.42. The highest BCUT2D eigenvalue weighted by Gasteiger charge is 2.15. The van der Waals surface area contributed by atoms with E-state index in [1.165, 1.54) is 0 Å². The summed E-state index contributed by atoms with van der Waals surface area (Å²) < 4.78 is 5.81. The summed E-state index contributed by atoms with van der Waals surface area (Å²) in [6.07, 6.45) is 1.76. The molecule has 0 spiro atoms. The number of quaternary nitrogens is 1. The highest BCUT2D eigenvalue weighted by atomic mass is 35.5. The second-order valence-corrected chi connectivity index (χ2v) is 6.22. The molecule has 0 saturated heterocycles. The van der Waals surface area contributed by atoms with Gasteiger partial charge in [-0.3, -0.25) is 0 Å². The molecule has 0 aliphatic carbocycles. The van der Waals surface area contributed by atoms with Gasteiger partial charge in [-0.05, 0) is 19.1 Å². The molecule has 0 radical (unpaired) electrons. The van der Waals surface area contributed by atoms with E-state index < -0.39 is 0 Å². The highest BCUT2D eigenvalue weighted by molar-refractivity contribution is 6.35. The molecule has 2 aromatic carbocycles. The number of aromatic nitrogens is 1. The Kier molecular flexibility index (Phi) is 5.01. The van der Waals surface area contributed by atoms with Crippen molar-refractivity contribution < 1.29 is 9.73 Å². The first-order valence-corrected chi connectivity index (χ1v) is 8.17. The lowest BCUT2D eigenvalue weighted by molar-refractivity contribution is -0.709. The normalized spacial score (nSPS) is 12.3. The van der Waals surface area contributed by atoms with Crippen LogP contribution in [0.1, 0.15) is 24.4 Å². The van der Waals surface area contributed by atoms with Crippen LogP contribution in [0.3, 0.4) is 0 Å². The lowest BCUT2D eigenvalue weighted by Crippen LogP contribution is -2.83. The van der Waals surface area contributed by atoms with Gasteiger partial charge in [0, 0.05) is 16.1 Å². The molecule has 0 amide bonds. The predicted molar refractivity (Wildman–Crippen MR) is 92.4 cm³/mol. The summed E-state index contributed by atoms with van der Waals surface area (Å²) in [6, 6.07) is 15.7. The van der Waals surface area contributed by atoms with Crippen LogP contribution in [0.4, 0.5) is 0 Å². The molecular formula is C18H17Cl2N2O+. The molecule has 5 heteroatoms. The van der Waals surface area contributed by atoms with Crippen LogP contribution in [0.25, 0.3) is 11.3 Å². The average molecular weight is 348 g/mol. The number of halogens is 2. The summed E-state index contributed by atoms with van der Waals surface area (Å²) in [4.78, 5) is 4.34. The van der Waals surface area contributed by atoms with E-state index in [2.05, 4.69) is 17.2 Å². The van der Waals surface area contributed by atoms with Gasteiger partial charge in [0.15, 0.2) is 12.3 Å². The molecule has 0 fully saturated rings. The van der Waals surface area contributed by atoms with Crippen molar-refractivity contribution in [2.75, 3.05) is 0 Å². The molecule has 3 nitrogen and oxygen atoms in total. The minimum atomic E-state index is 0.187. The van der Waals surface area contributed by atoms with Gasteiger partial charge in [-0.1, -0.05) is 59.6 Å². The second-order valence-electron chi connectivity index (χ2n) is 5.38. The van der Waals surface area contributed by atoms with E-state index in [1.807, 2.05) is 42.5 Å². The summed E-state index contributed by atoms with van der Waals surface area (Å²) in [5.74, 6) is 1.48. The molecule has 0 aliphatic rings. The third kappa shape index (κ3) is 3.94. The molecule has 1 heterocycles. The topological polar surface area (TPSA) is 42.6 Å². The Morgan fingerprint density at radius 2 is 1.91 bits per heavy atom. The first-order chi connectivity index (χ1) is 11.1. The van der Waals surface area contributed by atoms with E-state index in [1.54, 1.807) is 12.3 Å². The van der Waals surface area contributed by atoms with E-state index >= 15 is 0 Å². The smallest absolute Gasteiger partial charge is 0.250 e. The number of hydrogen-bond donors (Lipinski definition) is 1. The molecule has 3 rings (SSSR count). The molecule has 0 saturated carbocycles. The van der Waals surface area contributed by atoms with Crippen LogP contribution < -0.4 is 5.32 Å². The van der Waals surface area contributed by atoms with Gasteiger partial charge >= 0.3 is 0 Å². The van der Waals surface area contributed by atoms with Crippen molar-refractivity contribution >= 4 is 23.2 Å². The number of benzene rings is 2. The quantitative estimate of drug-likeness (QED) is 0.739. The van der Waals surface area contributed by atoms with Gasteiger partial charge in [-0.15, -0.1) is 0 Å². The van der Waals surface area contributed by atoms with Crippen LogP contribution in [0.5, 0.6) is 0 Å². The lowest BCUT2D eigenvalue weighted by Gasteiger charge is -2.11. The van der Waals surface area contributed by atoms with Gasteiger partial charge in [-0.2, -0.15) is 0 Å². The molecule has 1 aromatic heterocycles. The molecule has 23 heavy (non-hydrogen) atoms. The predicted octanol–water partition coefficient (Wildman–Crippen LogP) is 4.47. The van der Waals surface area contributed by atoms with Crippen molar-refractivity contribution in [3.63, 3.8) is 0 Å². The Labute approximate surface area is 145 Å². The minimum absolute atomic E-state index is 0.187. The Morgan fingerprint density at radius 1 is 1.13 bits per heavy atom. The summed E-state index contributed by atoms with van der Waals surface area (Å²) in [5.41, 5.74) is 2.07. The zero-order chi connectivity index (χ0) is 16.2. The third-order valence-corrected chi connectivity index (χ3v) is 4.27. The van der Waals surface area contributed by atoms with Crippen LogP contribution in [0, 0.1) is 0 Å². The van der Waals surface area contributed by atoms with Gasteiger partial charge in [-0.25, -0.2) is 4.98 Å². The van der Waals surface area contributed by atoms with Gasteiger partial charge in [0.2, 0.25) is 0 Å². The van der Waals surface area contributed by atoms with Gasteiger partial charge in [0.25, 0.3) is 5.89 Å². The van der Waals surface area contributed by atoms with Crippen molar-refractivity contribution in [2.45, 2.75) is 19.5 Å². The maximum atomic E-state index is 6.25. The van der Waals surface area contributed by atoms with E-state index in [9.17, 15) is 0 Å². The summed E-state index contributed by atoms with van der Waals surface area (Å²) in [7, 11) is 0. The van der Waals surface area contributed by atoms with Crippen molar-refractivity contribution in [1.82, 2.24) is 4.98 Å².